The highest BCUT2D eigenvalue weighted by Crippen LogP contribution is 2.43. The maximum absolute atomic E-state index is 5.06. The number of rotatable bonds is 3. The van der Waals surface area contributed by atoms with E-state index in [2.05, 4.69) is 144 Å². The Morgan fingerprint density at radius 2 is 1.07 bits per heavy atom. The van der Waals surface area contributed by atoms with Crippen molar-refractivity contribution in [1.82, 2.24) is 9.55 Å². The van der Waals surface area contributed by atoms with Gasteiger partial charge in [-0.3, -0.25) is 4.57 Å². The van der Waals surface area contributed by atoms with Crippen LogP contribution in [0, 0.1) is 0 Å². The zero-order chi connectivity index (χ0) is 26.9. The van der Waals surface area contributed by atoms with Crippen LogP contribution in [0.3, 0.4) is 0 Å². The largest absolute Gasteiger partial charge is 0.292 e. The molecular weight excluding hydrogens is 496 g/mol. The van der Waals surface area contributed by atoms with E-state index in [1.807, 2.05) is 6.07 Å². The van der Waals surface area contributed by atoms with Crippen molar-refractivity contribution >= 4 is 54.1 Å². The van der Waals surface area contributed by atoms with Gasteiger partial charge in [0, 0.05) is 11.3 Å². The number of para-hydroxylation sites is 2. The predicted octanol–water partition coefficient (Wildman–Crippen LogP) is 10.4. The third-order valence-corrected chi connectivity index (χ3v) is 8.53. The van der Waals surface area contributed by atoms with Crippen molar-refractivity contribution < 1.29 is 0 Å². The highest BCUT2D eigenvalue weighted by molar-refractivity contribution is 6.34. The lowest BCUT2D eigenvalue weighted by Gasteiger charge is -2.17. The predicted molar refractivity (Wildman–Crippen MR) is 173 cm³/mol. The fourth-order valence-electron chi connectivity index (χ4n) is 6.78. The van der Waals surface area contributed by atoms with Crippen LogP contribution < -0.4 is 0 Å². The summed E-state index contributed by atoms with van der Waals surface area (Å²) in [5.74, 6) is 0.950. The summed E-state index contributed by atoms with van der Waals surface area (Å²) in [5, 5.41) is 10.5. The molecule has 2 nitrogen and oxygen atoms in total. The van der Waals surface area contributed by atoms with E-state index in [1.165, 1.54) is 54.2 Å². The van der Waals surface area contributed by atoms with Crippen molar-refractivity contribution in [2.75, 3.05) is 0 Å². The lowest BCUT2D eigenvalue weighted by molar-refractivity contribution is 1.10. The van der Waals surface area contributed by atoms with Crippen LogP contribution in [0.2, 0.25) is 0 Å². The number of hydrogen-bond donors (Lipinski definition) is 0. The van der Waals surface area contributed by atoms with Gasteiger partial charge in [0.1, 0.15) is 5.82 Å². The molecule has 190 valence electrons. The number of benzene rings is 8. The number of hydrogen-bond acceptors (Lipinski definition) is 1. The van der Waals surface area contributed by atoms with Crippen molar-refractivity contribution in [2.45, 2.75) is 0 Å². The van der Waals surface area contributed by atoms with Crippen LogP contribution in [0.5, 0.6) is 0 Å². The molecule has 0 unspecified atom stereocenters. The SMILES string of the molecule is c1ccc(-c2nc3ccccc3n2-c2cccc(-c3ccc4c5cccc6cccc(c7cccc3c74)c65)c2)cc1. The summed E-state index contributed by atoms with van der Waals surface area (Å²) in [6.45, 7) is 0. The fraction of sp³-hybridized carbons (Fsp3) is 0. The molecule has 0 aliphatic heterocycles. The van der Waals surface area contributed by atoms with Gasteiger partial charge in [-0.15, -0.1) is 0 Å². The Kier molecular flexibility index (Phi) is 4.64. The van der Waals surface area contributed by atoms with E-state index >= 15 is 0 Å². The van der Waals surface area contributed by atoms with E-state index in [1.54, 1.807) is 0 Å². The summed E-state index contributed by atoms with van der Waals surface area (Å²) in [4.78, 5) is 5.06. The van der Waals surface area contributed by atoms with Crippen molar-refractivity contribution in [2.24, 2.45) is 0 Å². The second kappa shape index (κ2) is 8.51. The van der Waals surface area contributed by atoms with Gasteiger partial charge in [-0.05, 0) is 78.5 Å². The van der Waals surface area contributed by atoms with Gasteiger partial charge in [0.15, 0.2) is 0 Å². The minimum absolute atomic E-state index is 0.950. The Hall–Kier alpha value is -5.47. The van der Waals surface area contributed by atoms with E-state index in [9.17, 15) is 0 Å². The second-order valence-corrected chi connectivity index (χ2v) is 10.8. The molecule has 0 bridgehead atoms. The molecule has 8 aromatic carbocycles. The monoisotopic (exact) mass is 520 g/mol. The van der Waals surface area contributed by atoms with Crippen LogP contribution in [0.15, 0.2) is 146 Å². The van der Waals surface area contributed by atoms with Crippen LogP contribution in [-0.4, -0.2) is 9.55 Å². The summed E-state index contributed by atoms with van der Waals surface area (Å²) in [5.41, 5.74) is 6.73. The molecule has 1 aromatic heterocycles. The normalized spacial score (nSPS) is 11.9. The molecule has 9 rings (SSSR count). The van der Waals surface area contributed by atoms with E-state index in [0.717, 1.165) is 28.1 Å². The van der Waals surface area contributed by atoms with Crippen LogP contribution in [-0.2, 0) is 0 Å². The molecule has 0 saturated heterocycles. The van der Waals surface area contributed by atoms with Gasteiger partial charge in [0.2, 0.25) is 0 Å². The van der Waals surface area contributed by atoms with Crippen molar-refractivity contribution in [3.05, 3.63) is 146 Å². The van der Waals surface area contributed by atoms with Crippen LogP contribution in [0.1, 0.15) is 0 Å². The molecule has 0 atom stereocenters. The molecule has 0 N–H and O–H groups in total. The molecule has 0 fully saturated rings. The average Bonchev–Trinajstić information content (AvgIpc) is 3.44. The average molecular weight is 521 g/mol. The lowest BCUT2D eigenvalue weighted by atomic mass is 9.87. The van der Waals surface area contributed by atoms with Gasteiger partial charge in [-0.2, -0.15) is 0 Å². The number of aromatic nitrogens is 2. The van der Waals surface area contributed by atoms with Gasteiger partial charge in [-0.25, -0.2) is 4.98 Å². The molecule has 0 amide bonds. The summed E-state index contributed by atoms with van der Waals surface area (Å²) >= 11 is 0. The van der Waals surface area contributed by atoms with Crippen molar-refractivity contribution in [3.63, 3.8) is 0 Å². The highest BCUT2D eigenvalue weighted by atomic mass is 15.1. The first-order valence-electron chi connectivity index (χ1n) is 14.1. The molecule has 41 heavy (non-hydrogen) atoms. The van der Waals surface area contributed by atoms with Crippen LogP contribution >= 0.6 is 0 Å². The standard InChI is InChI=1S/C39H24N2/c1-2-10-26(11-3-1)39-40-35-20-4-5-21-36(35)41(39)28-15-6-14-27(24-28)29-22-23-34-32-17-8-13-25-12-7-16-31(37(25)32)33-19-9-18-30(29)38(33)34/h1-24H. The topological polar surface area (TPSA) is 17.8 Å². The summed E-state index contributed by atoms with van der Waals surface area (Å²) in [6.07, 6.45) is 0. The molecular formula is C39H24N2. The van der Waals surface area contributed by atoms with Crippen LogP contribution in [0.25, 0.3) is 82.3 Å². The Morgan fingerprint density at radius 1 is 0.439 bits per heavy atom. The van der Waals surface area contributed by atoms with Gasteiger partial charge in [0.25, 0.3) is 0 Å². The first kappa shape index (κ1) is 22.4. The van der Waals surface area contributed by atoms with Crippen LogP contribution in [0.4, 0.5) is 0 Å². The first-order valence-corrected chi connectivity index (χ1v) is 14.1. The molecule has 0 radical (unpaired) electrons. The summed E-state index contributed by atoms with van der Waals surface area (Å²) in [7, 11) is 0. The zero-order valence-corrected chi connectivity index (χ0v) is 22.3. The van der Waals surface area contributed by atoms with E-state index in [0.29, 0.717) is 0 Å². The smallest absolute Gasteiger partial charge is 0.145 e. The molecule has 0 saturated carbocycles. The minimum Gasteiger partial charge on any atom is -0.292 e. The quantitative estimate of drug-likeness (QED) is 0.167. The maximum Gasteiger partial charge on any atom is 0.145 e. The number of fused-ring (bicyclic) bond motifs is 3. The molecule has 2 heteroatoms. The lowest BCUT2D eigenvalue weighted by Crippen LogP contribution is -1.98. The number of imidazole rings is 1. The molecule has 0 aliphatic carbocycles. The Morgan fingerprint density at radius 3 is 1.90 bits per heavy atom. The molecule has 0 aliphatic rings. The second-order valence-electron chi connectivity index (χ2n) is 10.8. The maximum atomic E-state index is 5.06. The Balaban J connectivity index is 1.32. The third kappa shape index (κ3) is 3.22. The Bertz CT molecular complexity index is 2360. The molecule has 1 heterocycles. The van der Waals surface area contributed by atoms with Gasteiger partial charge >= 0.3 is 0 Å². The van der Waals surface area contributed by atoms with Crippen molar-refractivity contribution in [1.29, 1.82) is 0 Å². The van der Waals surface area contributed by atoms with Crippen molar-refractivity contribution in [3.8, 4) is 28.2 Å². The Labute approximate surface area is 237 Å². The summed E-state index contributed by atoms with van der Waals surface area (Å²) in [6, 6.07) is 52.5. The number of nitrogens with zero attached hydrogens (tertiary/aromatic N) is 2. The van der Waals surface area contributed by atoms with Gasteiger partial charge in [-0.1, -0.05) is 121 Å². The first-order chi connectivity index (χ1) is 20.3. The fourth-order valence-corrected chi connectivity index (χ4v) is 6.78. The van der Waals surface area contributed by atoms with Gasteiger partial charge < -0.3 is 0 Å². The zero-order valence-electron chi connectivity index (χ0n) is 22.3. The van der Waals surface area contributed by atoms with E-state index in [4.69, 9.17) is 4.98 Å². The van der Waals surface area contributed by atoms with E-state index < -0.39 is 0 Å². The minimum atomic E-state index is 0.950. The van der Waals surface area contributed by atoms with E-state index in [-0.39, 0.29) is 0 Å². The highest BCUT2D eigenvalue weighted by Gasteiger charge is 2.17. The summed E-state index contributed by atoms with van der Waals surface area (Å²) < 4.78 is 2.29. The third-order valence-electron chi connectivity index (χ3n) is 8.53. The molecule has 9 aromatic rings. The van der Waals surface area contributed by atoms with Gasteiger partial charge in [0.05, 0.1) is 11.0 Å². The molecule has 0 spiro atoms.